The summed E-state index contributed by atoms with van der Waals surface area (Å²) in [6.45, 7) is 0. The highest BCUT2D eigenvalue weighted by molar-refractivity contribution is 5.54. The standard InChI is InChI=1S/C12H19N3O2/c1-13-11-10(16-2)12(15-8-14-11)17-9-6-4-3-5-7-9/h8-9H,3-7H2,1-2H3,(H,13,14,15). The zero-order valence-corrected chi connectivity index (χ0v) is 10.4. The number of aromatic nitrogens is 2. The molecule has 0 radical (unpaired) electrons. The average Bonchev–Trinajstić information content (AvgIpc) is 2.39. The fourth-order valence-electron chi connectivity index (χ4n) is 2.14. The smallest absolute Gasteiger partial charge is 0.262 e. The summed E-state index contributed by atoms with van der Waals surface area (Å²) in [6.07, 6.45) is 7.73. The second-order valence-corrected chi connectivity index (χ2v) is 4.19. The molecule has 17 heavy (non-hydrogen) atoms. The van der Waals surface area contributed by atoms with Crippen molar-refractivity contribution in [2.24, 2.45) is 0 Å². The highest BCUT2D eigenvalue weighted by Gasteiger charge is 2.19. The van der Waals surface area contributed by atoms with Crippen molar-refractivity contribution < 1.29 is 9.47 Å². The van der Waals surface area contributed by atoms with Crippen molar-refractivity contribution in [3.63, 3.8) is 0 Å². The first kappa shape index (κ1) is 12.0. The average molecular weight is 237 g/mol. The third kappa shape index (κ3) is 2.78. The lowest BCUT2D eigenvalue weighted by Crippen LogP contribution is -2.20. The summed E-state index contributed by atoms with van der Waals surface area (Å²) in [4.78, 5) is 8.25. The third-order valence-electron chi connectivity index (χ3n) is 3.04. The number of ether oxygens (including phenoxy) is 2. The second kappa shape index (κ2) is 5.70. The van der Waals surface area contributed by atoms with Crippen LogP contribution in [0.3, 0.4) is 0 Å². The Kier molecular flexibility index (Phi) is 4.01. The largest absolute Gasteiger partial charge is 0.489 e. The van der Waals surface area contributed by atoms with E-state index < -0.39 is 0 Å². The van der Waals surface area contributed by atoms with Crippen molar-refractivity contribution in [2.75, 3.05) is 19.5 Å². The Morgan fingerprint density at radius 3 is 2.65 bits per heavy atom. The van der Waals surface area contributed by atoms with Crippen molar-refractivity contribution in [1.82, 2.24) is 9.97 Å². The van der Waals surface area contributed by atoms with Crippen molar-refractivity contribution in [2.45, 2.75) is 38.2 Å². The predicted octanol–water partition coefficient (Wildman–Crippen LogP) is 2.24. The van der Waals surface area contributed by atoms with Crippen molar-refractivity contribution in [3.05, 3.63) is 6.33 Å². The summed E-state index contributed by atoms with van der Waals surface area (Å²) in [5.41, 5.74) is 0. The molecule has 0 amide bonds. The minimum atomic E-state index is 0.261. The molecule has 0 aliphatic heterocycles. The van der Waals surface area contributed by atoms with E-state index in [0.29, 0.717) is 17.4 Å². The molecule has 1 fully saturated rings. The van der Waals surface area contributed by atoms with Crippen LogP contribution in [-0.2, 0) is 0 Å². The summed E-state index contributed by atoms with van der Waals surface area (Å²) in [5, 5.41) is 2.97. The number of hydrogen-bond acceptors (Lipinski definition) is 5. The monoisotopic (exact) mass is 237 g/mol. The van der Waals surface area contributed by atoms with Gasteiger partial charge in [0.2, 0.25) is 5.75 Å². The zero-order valence-electron chi connectivity index (χ0n) is 10.4. The van der Waals surface area contributed by atoms with Crippen LogP contribution in [0.1, 0.15) is 32.1 Å². The maximum atomic E-state index is 5.90. The maximum Gasteiger partial charge on any atom is 0.262 e. The third-order valence-corrected chi connectivity index (χ3v) is 3.04. The van der Waals surface area contributed by atoms with Crippen LogP contribution in [0.15, 0.2) is 6.33 Å². The number of methoxy groups -OCH3 is 1. The van der Waals surface area contributed by atoms with Gasteiger partial charge in [-0.05, 0) is 25.7 Å². The Balaban J connectivity index is 2.13. The molecule has 1 aliphatic carbocycles. The van der Waals surface area contributed by atoms with Gasteiger partial charge in [-0.15, -0.1) is 0 Å². The molecular weight excluding hydrogens is 218 g/mol. The van der Waals surface area contributed by atoms with E-state index >= 15 is 0 Å². The summed E-state index contributed by atoms with van der Waals surface area (Å²) < 4.78 is 11.2. The zero-order chi connectivity index (χ0) is 12.1. The van der Waals surface area contributed by atoms with Crippen LogP contribution in [0.5, 0.6) is 11.6 Å². The van der Waals surface area contributed by atoms with Crippen LogP contribution < -0.4 is 14.8 Å². The van der Waals surface area contributed by atoms with E-state index in [1.807, 2.05) is 0 Å². The van der Waals surface area contributed by atoms with E-state index in [9.17, 15) is 0 Å². The number of anilines is 1. The highest BCUT2D eigenvalue weighted by Crippen LogP contribution is 2.33. The first-order valence-corrected chi connectivity index (χ1v) is 6.08. The van der Waals surface area contributed by atoms with E-state index in [4.69, 9.17) is 9.47 Å². The lowest BCUT2D eigenvalue weighted by molar-refractivity contribution is 0.143. The van der Waals surface area contributed by atoms with E-state index in [1.54, 1.807) is 14.2 Å². The number of nitrogens with zero attached hydrogens (tertiary/aromatic N) is 2. The minimum absolute atomic E-state index is 0.261. The first-order valence-electron chi connectivity index (χ1n) is 6.08. The van der Waals surface area contributed by atoms with Crippen molar-refractivity contribution in [1.29, 1.82) is 0 Å². The molecule has 1 aromatic rings. The fourth-order valence-corrected chi connectivity index (χ4v) is 2.14. The quantitative estimate of drug-likeness (QED) is 0.870. The van der Waals surface area contributed by atoms with Crippen LogP contribution in [-0.4, -0.2) is 30.2 Å². The topological polar surface area (TPSA) is 56.3 Å². The van der Waals surface area contributed by atoms with E-state index in [2.05, 4.69) is 15.3 Å². The molecule has 0 atom stereocenters. The SMILES string of the molecule is CNc1ncnc(OC2CCCCC2)c1OC. The molecule has 0 spiro atoms. The molecule has 0 unspecified atom stereocenters. The molecule has 0 saturated heterocycles. The molecule has 1 saturated carbocycles. The van der Waals surface area contributed by atoms with Crippen molar-refractivity contribution in [3.8, 4) is 11.6 Å². The molecular formula is C12H19N3O2. The van der Waals surface area contributed by atoms with Gasteiger partial charge in [-0.3, -0.25) is 0 Å². The van der Waals surface area contributed by atoms with Crippen LogP contribution in [0.25, 0.3) is 0 Å². The Morgan fingerprint density at radius 2 is 2.00 bits per heavy atom. The van der Waals surface area contributed by atoms with Crippen molar-refractivity contribution >= 4 is 5.82 Å². The lowest BCUT2D eigenvalue weighted by atomic mass is 9.98. The van der Waals surface area contributed by atoms with Gasteiger partial charge in [-0.2, -0.15) is 4.98 Å². The summed E-state index contributed by atoms with van der Waals surface area (Å²) in [6, 6.07) is 0. The van der Waals surface area contributed by atoms with Gasteiger partial charge in [0.15, 0.2) is 5.82 Å². The molecule has 1 aliphatic rings. The van der Waals surface area contributed by atoms with E-state index in [-0.39, 0.29) is 6.10 Å². The normalized spacial score (nSPS) is 16.6. The maximum absolute atomic E-state index is 5.90. The summed E-state index contributed by atoms with van der Waals surface area (Å²) in [7, 11) is 3.41. The van der Waals surface area contributed by atoms with Gasteiger partial charge in [0.05, 0.1) is 7.11 Å². The predicted molar refractivity (Wildman–Crippen MR) is 65.6 cm³/mol. The van der Waals surface area contributed by atoms with Gasteiger partial charge >= 0.3 is 0 Å². The summed E-state index contributed by atoms with van der Waals surface area (Å²) >= 11 is 0. The fraction of sp³-hybridized carbons (Fsp3) is 0.667. The second-order valence-electron chi connectivity index (χ2n) is 4.19. The molecule has 1 N–H and O–H groups in total. The molecule has 0 bridgehead atoms. The number of hydrogen-bond donors (Lipinski definition) is 1. The first-order chi connectivity index (χ1) is 8.35. The Morgan fingerprint density at radius 1 is 1.24 bits per heavy atom. The molecule has 2 rings (SSSR count). The Hall–Kier alpha value is -1.52. The number of rotatable bonds is 4. The van der Waals surface area contributed by atoms with Crippen LogP contribution in [0.2, 0.25) is 0 Å². The number of nitrogens with one attached hydrogen (secondary N) is 1. The molecule has 94 valence electrons. The van der Waals surface area contributed by atoms with Crippen LogP contribution in [0, 0.1) is 0 Å². The van der Waals surface area contributed by atoms with Gasteiger partial charge in [-0.25, -0.2) is 4.98 Å². The molecule has 5 heteroatoms. The van der Waals surface area contributed by atoms with Gasteiger partial charge < -0.3 is 14.8 Å². The molecule has 5 nitrogen and oxygen atoms in total. The van der Waals surface area contributed by atoms with Crippen LogP contribution in [0.4, 0.5) is 5.82 Å². The van der Waals surface area contributed by atoms with Gasteiger partial charge in [0.1, 0.15) is 12.4 Å². The molecule has 1 heterocycles. The lowest BCUT2D eigenvalue weighted by Gasteiger charge is -2.23. The molecule has 0 aromatic carbocycles. The van der Waals surface area contributed by atoms with E-state index in [0.717, 1.165) is 12.8 Å². The van der Waals surface area contributed by atoms with Gasteiger partial charge in [0, 0.05) is 7.05 Å². The van der Waals surface area contributed by atoms with Gasteiger partial charge in [0.25, 0.3) is 5.88 Å². The minimum Gasteiger partial charge on any atom is -0.489 e. The van der Waals surface area contributed by atoms with E-state index in [1.165, 1.54) is 25.6 Å². The molecule has 1 aromatic heterocycles. The Bertz CT molecular complexity index is 365. The summed E-state index contributed by atoms with van der Waals surface area (Å²) in [5.74, 6) is 1.78. The Labute approximate surface area is 102 Å². The highest BCUT2D eigenvalue weighted by atomic mass is 16.5. The van der Waals surface area contributed by atoms with Gasteiger partial charge in [-0.1, -0.05) is 6.42 Å². The van der Waals surface area contributed by atoms with Crippen LogP contribution >= 0.6 is 0 Å².